The standard InChI is InChI=1S/C14H21FN2O2S/c15-13-9-8-12(10-14(13)16)20(18,19)17-11-6-4-2-1-3-5-7-11/h8-11,17H,1-7,16H2. The number of benzene rings is 1. The summed E-state index contributed by atoms with van der Waals surface area (Å²) in [6, 6.07) is 3.46. The highest BCUT2D eigenvalue weighted by atomic mass is 32.2. The minimum absolute atomic E-state index is 0.0264. The Labute approximate surface area is 119 Å². The highest BCUT2D eigenvalue weighted by Crippen LogP contribution is 2.21. The van der Waals surface area contributed by atoms with E-state index in [2.05, 4.69) is 4.72 Å². The number of nitrogen functional groups attached to an aromatic ring is 1. The molecule has 0 aliphatic heterocycles. The lowest BCUT2D eigenvalue weighted by atomic mass is 9.97. The van der Waals surface area contributed by atoms with Crippen LogP contribution in [-0.2, 0) is 10.0 Å². The molecule has 6 heteroatoms. The zero-order chi connectivity index (χ0) is 14.6. The summed E-state index contributed by atoms with van der Waals surface area (Å²) in [5.74, 6) is -0.602. The lowest BCUT2D eigenvalue weighted by Crippen LogP contribution is -2.35. The molecule has 2 rings (SSSR count). The van der Waals surface area contributed by atoms with E-state index in [1.807, 2.05) is 0 Å². The van der Waals surface area contributed by atoms with Crippen molar-refractivity contribution >= 4 is 15.7 Å². The highest BCUT2D eigenvalue weighted by molar-refractivity contribution is 7.89. The first kappa shape index (κ1) is 15.3. The van der Waals surface area contributed by atoms with Crippen molar-refractivity contribution in [3.05, 3.63) is 24.0 Å². The maximum Gasteiger partial charge on any atom is 0.240 e. The second-order valence-electron chi connectivity index (χ2n) is 5.35. The van der Waals surface area contributed by atoms with Crippen molar-refractivity contribution in [2.75, 3.05) is 5.73 Å². The number of nitrogens with two attached hydrogens (primary N) is 1. The number of sulfonamides is 1. The third-order valence-corrected chi connectivity index (χ3v) is 5.22. The Balaban J connectivity index is 2.10. The van der Waals surface area contributed by atoms with Crippen LogP contribution in [0.1, 0.15) is 44.9 Å². The van der Waals surface area contributed by atoms with E-state index in [-0.39, 0.29) is 16.6 Å². The second-order valence-corrected chi connectivity index (χ2v) is 7.06. The summed E-state index contributed by atoms with van der Waals surface area (Å²) in [6.45, 7) is 0. The van der Waals surface area contributed by atoms with Crippen LogP contribution in [0.25, 0.3) is 0 Å². The third-order valence-electron chi connectivity index (χ3n) is 3.70. The molecule has 1 aliphatic carbocycles. The Hall–Kier alpha value is -1.14. The van der Waals surface area contributed by atoms with Crippen molar-refractivity contribution in [2.24, 2.45) is 0 Å². The van der Waals surface area contributed by atoms with E-state index in [9.17, 15) is 12.8 Å². The predicted molar refractivity (Wildman–Crippen MR) is 77.2 cm³/mol. The molecular weight excluding hydrogens is 279 g/mol. The average molecular weight is 300 g/mol. The van der Waals surface area contributed by atoms with Gasteiger partial charge in [-0.3, -0.25) is 0 Å². The van der Waals surface area contributed by atoms with Crippen LogP contribution < -0.4 is 10.5 Å². The first-order valence-corrected chi connectivity index (χ1v) is 8.55. The average Bonchev–Trinajstić information content (AvgIpc) is 2.35. The first-order chi connectivity index (χ1) is 9.49. The molecule has 20 heavy (non-hydrogen) atoms. The SMILES string of the molecule is Nc1cc(S(=O)(=O)NC2CCCCCCC2)ccc1F. The van der Waals surface area contributed by atoms with Crippen LogP contribution in [0.5, 0.6) is 0 Å². The summed E-state index contributed by atoms with van der Waals surface area (Å²) in [5, 5.41) is 0. The van der Waals surface area contributed by atoms with E-state index in [0.29, 0.717) is 0 Å². The van der Waals surface area contributed by atoms with Gasteiger partial charge in [0.1, 0.15) is 5.82 Å². The molecule has 0 spiro atoms. The maximum atomic E-state index is 13.1. The zero-order valence-electron chi connectivity index (χ0n) is 11.4. The minimum Gasteiger partial charge on any atom is -0.396 e. The molecule has 0 amide bonds. The number of hydrogen-bond acceptors (Lipinski definition) is 3. The fraction of sp³-hybridized carbons (Fsp3) is 0.571. The van der Waals surface area contributed by atoms with E-state index >= 15 is 0 Å². The van der Waals surface area contributed by atoms with Crippen LogP contribution in [0.15, 0.2) is 23.1 Å². The maximum absolute atomic E-state index is 13.1. The summed E-state index contributed by atoms with van der Waals surface area (Å²) in [4.78, 5) is 0.0264. The van der Waals surface area contributed by atoms with E-state index in [1.54, 1.807) is 0 Å². The summed E-state index contributed by atoms with van der Waals surface area (Å²) in [5.41, 5.74) is 5.28. The van der Waals surface area contributed by atoms with Gasteiger partial charge in [0.2, 0.25) is 10.0 Å². The van der Waals surface area contributed by atoms with Gasteiger partial charge in [0, 0.05) is 6.04 Å². The molecule has 1 fully saturated rings. The van der Waals surface area contributed by atoms with Gasteiger partial charge in [-0.2, -0.15) is 0 Å². The lowest BCUT2D eigenvalue weighted by Gasteiger charge is -2.21. The summed E-state index contributed by atoms with van der Waals surface area (Å²) >= 11 is 0. The fourth-order valence-corrected chi connectivity index (χ4v) is 3.89. The molecule has 0 atom stereocenters. The minimum atomic E-state index is -3.62. The summed E-state index contributed by atoms with van der Waals surface area (Å²) in [7, 11) is -3.62. The molecule has 0 aromatic heterocycles. The normalized spacial score (nSPS) is 18.4. The first-order valence-electron chi connectivity index (χ1n) is 7.06. The van der Waals surface area contributed by atoms with E-state index in [4.69, 9.17) is 5.73 Å². The van der Waals surface area contributed by atoms with Gasteiger partial charge in [0.25, 0.3) is 0 Å². The number of anilines is 1. The zero-order valence-corrected chi connectivity index (χ0v) is 12.3. The van der Waals surface area contributed by atoms with Crippen molar-refractivity contribution in [1.82, 2.24) is 4.72 Å². The second kappa shape index (κ2) is 6.54. The van der Waals surface area contributed by atoms with Gasteiger partial charge < -0.3 is 5.73 Å². The van der Waals surface area contributed by atoms with Crippen LogP contribution in [0, 0.1) is 5.82 Å². The smallest absolute Gasteiger partial charge is 0.240 e. The Bertz CT molecular complexity index is 552. The van der Waals surface area contributed by atoms with Crippen LogP contribution in [-0.4, -0.2) is 14.5 Å². The largest absolute Gasteiger partial charge is 0.396 e. The monoisotopic (exact) mass is 300 g/mol. The summed E-state index contributed by atoms with van der Waals surface area (Å²) < 4.78 is 40.4. The Morgan fingerprint density at radius 3 is 2.30 bits per heavy atom. The van der Waals surface area contributed by atoms with E-state index < -0.39 is 15.8 Å². The quantitative estimate of drug-likeness (QED) is 0.843. The van der Waals surface area contributed by atoms with Crippen LogP contribution >= 0.6 is 0 Å². The molecule has 1 aromatic carbocycles. The number of halogens is 1. The van der Waals surface area contributed by atoms with Crippen molar-refractivity contribution in [2.45, 2.75) is 55.9 Å². The Morgan fingerprint density at radius 1 is 1.10 bits per heavy atom. The molecule has 0 saturated heterocycles. The van der Waals surface area contributed by atoms with Gasteiger partial charge in [-0.15, -0.1) is 0 Å². The van der Waals surface area contributed by atoms with Crippen molar-refractivity contribution in [3.8, 4) is 0 Å². The van der Waals surface area contributed by atoms with Crippen LogP contribution in [0.4, 0.5) is 10.1 Å². The van der Waals surface area contributed by atoms with Crippen LogP contribution in [0.2, 0.25) is 0 Å². The molecule has 112 valence electrons. The molecule has 1 saturated carbocycles. The Kier molecular flexibility index (Phi) is 4.99. The predicted octanol–water partition coefficient (Wildman–Crippen LogP) is 2.80. The van der Waals surface area contributed by atoms with Crippen molar-refractivity contribution < 1.29 is 12.8 Å². The topological polar surface area (TPSA) is 72.2 Å². The van der Waals surface area contributed by atoms with E-state index in [0.717, 1.165) is 44.6 Å². The molecular formula is C14H21FN2O2S. The number of rotatable bonds is 3. The van der Waals surface area contributed by atoms with Gasteiger partial charge in [-0.25, -0.2) is 17.5 Å². The Morgan fingerprint density at radius 2 is 1.70 bits per heavy atom. The van der Waals surface area contributed by atoms with Crippen LogP contribution in [0.3, 0.4) is 0 Å². The third kappa shape index (κ3) is 3.93. The van der Waals surface area contributed by atoms with Crippen molar-refractivity contribution in [3.63, 3.8) is 0 Å². The molecule has 1 aromatic rings. The van der Waals surface area contributed by atoms with Crippen molar-refractivity contribution in [1.29, 1.82) is 0 Å². The molecule has 1 aliphatic rings. The molecule has 4 nitrogen and oxygen atoms in total. The molecule has 0 radical (unpaired) electrons. The molecule has 0 heterocycles. The molecule has 0 bridgehead atoms. The fourth-order valence-electron chi connectivity index (χ4n) is 2.55. The summed E-state index contributed by atoms with van der Waals surface area (Å²) in [6.07, 6.45) is 7.33. The highest BCUT2D eigenvalue weighted by Gasteiger charge is 2.21. The van der Waals surface area contributed by atoms with Gasteiger partial charge in [0.05, 0.1) is 10.6 Å². The molecule has 3 N–H and O–H groups in total. The van der Waals surface area contributed by atoms with Gasteiger partial charge in [-0.05, 0) is 31.0 Å². The lowest BCUT2D eigenvalue weighted by molar-refractivity contribution is 0.426. The van der Waals surface area contributed by atoms with Gasteiger partial charge in [-0.1, -0.05) is 32.1 Å². The van der Waals surface area contributed by atoms with Gasteiger partial charge in [0.15, 0.2) is 0 Å². The number of hydrogen-bond donors (Lipinski definition) is 2. The van der Waals surface area contributed by atoms with E-state index in [1.165, 1.54) is 18.6 Å². The number of nitrogens with one attached hydrogen (secondary N) is 1. The van der Waals surface area contributed by atoms with Gasteiger partial charge >= 0.3 is 0 Å². The molecule has 0 unspecified atom stereocenters.